The number of hydroxylamine groups is 2. The topological polar surface area (TPSA) is 75.4 Å². The first-order chi connectivity index (χ1) is 10.7. The Morgan fingerprint density at radius 2 is 1.86 bits per heavy atom. The highest BCUT2D eigenvalue weighted by molar-refractivity contribution is 5.62. The zero-order valence-electron chi connectivity index (χ0n) is 11.5. The largest absolute Gasteiger partial charge is 0.595 e. The molecule has 2 heterocycles. The zero-order valence-corrected chi connectivity index (χ0v) is 11.5. The molecule has 0 radical (unpaired) electrons. The van der Waals surface area contributed by atoms with Gasteiger partial charge < -0.3 is 19.4 Å². The van der Waals surface area contributed by atoms with Gasteiger partial charge in [-0.3, -0.25) is 0 Å². The summed E-state index contributed by atoms with van der Waals surface area (Å²) in [5.41, 5.74) is 1.67. The third-order valence-corrected chi connectivity index (χ3v) is 3.70. The van der Waals surface area contributed by atoms with E-state index in [1.807, 2.05) is 24.3 Å². The minimum atomic E-state index is -1.00. The first kappa shape index (κ1) is 13.1. The fraction of sp³-hybridized carbons (Fsp3) is 0.125. The maximum Gasteiger partial charge on any atom is 0.231 e. The summed E-state index contributed by atoms with van der Waals surface area (Å²) in [6.45, 7) is 0.175. The van der Waals surface area contributed by atoms with E-state index < -0.39 is 11.3 Å². The molecule has 2 aromatic carbocycles. The summed E-state index contributed by atoms with van der Waals surface area (Å²) in [7, 11) is 0. The fourth-order valence-corrected chi connectivity index (χ4v) is 2.64. The smallest absolute Gasteiger partial charge is 0.231 e. The van der Waals surface area contributed by atoms with E-state index >= 15 is 0 Å². The molecule has 0 saturated carbocycles. The number of nitrogens with one attached hydrogen (secondary N) is 1. The summed E-state index contributed by atoms with van der Waals surface area (Å²) in [5.74, 6) is 1.92. The van der Waals surface area contributed by atoms with Gasteiger partial charge >= 0.3 is 0 Å². The summed E-state index contributed by atoms with van der Waals surface area (Å²) >= 11 is 0. The van der Waals surface area contributed by atoms with Gasteiger partial charge in [0.2, 0.25) is 12.9 Å². The van der Waals surface area contributed by atoms with Gasteiger partial charge in [0.15, 0.2) is 17.2 Å². The number of quaternary nitrogens is 1. The Morgan fingerprint density at radius 1 is 1.05 bits per heavy atom. The molecule has 0 saturated heterocycles. The van der Waals surface area contributed by atoms with Crippen molar-refractivity contribution < 1.29 is 24.6 Å². The fourth-order valence-electron chi connectivity index (χ4n) is 2.64. The molecule has 0 spiro atoms. The van der Waals surface area contributed by atoms with Crippen LogP contribution in [0.15, 0.2) is 48.2 Å². The molecule has 2 atom stereocenters. The predicted molar refractivity (Wildman–Crippen MR) is 76.5 cm³/mol. The van der Waals surface area contributed by atoms with Crippen molar-refractivity contribution in [3.8, 4) is 17.2 Å². The molecule has 2 aliphatic rings. The maximum atomic E-state index is 11.6. The highest BCUT2D eigenvalue weighted by Gasteiger charge is 2.31. The molecule has 0 amide bonds. The number of hydrogen-bond acceptors (Lipinski definition) is 5. The second kappa shape index (κ2) is 5.03. The third kappa shape index (κ3) is 2.10. The number of rotatable bonds is 2. The van der Waals surface area contributed by atoms with Crippen molar-refractivity contribution in [2.75, 3.05) is 6.79 Å². The van der Waals surface area contributed by atoms with Gasteiger partial charge in [0.05, 0.1) is 0 Å². The van der Waals surface area contributed by atoms with Gasteiger partial charge in [0, 0.05) is 17.2 Å². The number of hydrogen-bond donors (Lipinski definition) is 2. The Labute approximate surface area is 126 Å². The van der Waals surface area contributed by atoms with E-state index in [-0.39, 0.29) is 12.5 Å². The van der Waals surface area contributed by atoms with Crippen LogP contribution in [-0.4, -0.2) is 12.0 Å². The number of benzene rings is 2. The third-order valence-electron chi connectivity index (χ3n) is 3.70. The Bertz CT molecular complexity index is 756. The Hall–Kier alpha value is -2.54. The van der Waals surface area contributed by atoms with E-state index in [1.54, 1.807) is 24.3 Å². The Balaban J connectivity index is 1.78. The normalized spacial score (nSPS) is 19.9. The highest BCUT2D eigenvalue weighted by Crippen LogP contribution is 2.39. The highest BCUT2D eigenvalue weighted by atomic mass is 16.8. The van der Waals surface area contributed by atoms with Crippen LogP contribution in [0.3, 0.4) is 0 Å². The van der Waals surface area contributed by atoms with Crippen molar-refractivity contribution in [3.63, 3.8) is 0 Å². The van der Waals surface area contributed by atoms with E-state index in [9.17, 15) is 10.4 Å². The Kier molecular flexibility index (Phi) is 3.00. The average molecular weight is 299 g/mol. The van der Waals surface area contributed by atoms with Crippen molar-refractivity contribution in [1.82, 2.24) is 0 Å². The minimum Gasteiger partial charge on any atom is -0.595 e. The van der Waals surface area contributed by atoms with E-state index in [0.29, 0.717) is 22.8 Å². The van der Waals surface area contributed by atoms with Gasteiger partial charge in [-0.05, 0) is 18.2 Å². The molecular formula is C16H13NO5. The van der Waals surface area contributed by atoms with Crippen molar-refractivity contribution >= 4 is 6.08 Å². The number of ether oxygens (including phenoxy) is 3. The van der Waals surface area contributed by atoms with E-state index in [2.05, 4.69) is 0 Å². The van der Waals surface area contributed by atoms with Crippen LogP contribution in [0.25, 0.3) is 6.08 Å². The maximum absolute atomic E-state index is 11.6. The molecular weight excluding hydrogens is 286 g/mol. The second-order valence-corrected chi connectivity index (χ2v) is 5.05. The van der Waals surface area contributed by atoms with Gasteiger partial charge in [-0.2, -0.15) is 5.23 Å². The molecule has 6 heteroatoms. The van der Waals surface area contributed by atoms with Crippen molar-refractivity contribution in [2.45, 2.75) is 6.10 Å². The predicted octanol–water partition coefficient (Wildman–Crippen LogP) is 1.66. The first-order valence-electron chi connectivity index (χ1n) is 6.82. The van der Waals surface area contributed by atoms with E-state index in [0.717, 1.165) is 5.56 Å². The molecule has 112 valence electrons. The lowest BCUT2D eigenvalue weighted by Gasteiger charge is -2.29. The standard InChI is InChI=1S/C16H13NO5/c18-17(19)12-7-10-3-1-2-4-13(10)22-16(12)11-5-6-14-15(8-11)21-9-20-14/h1-8,16-18H,9H2/t16-/m0/s1. The van der Waals surface area contributed by atoms with Gasteiger partial charge in [0.1, 0.15) is 5.75 Å². The summed E-state index contributed by atoms with van der Waals surface area (Å²) in [6, 6.07) is 12.7. The lowest BCUT2D eigenvalue weighted by molar-refractivity contribution is -1.02. The van der Waals surface area contributed by atoms with Crippen LogP contribution in [0.5, 0.6) is 17.2 Å². The van der Waals surface area contributed by atoms with Gasteiger partial charge in [0.25, 0.3) is 0 Å². The molecule has 0 bridgehead atoms. The molecule has 0 aliphatic carbocycles. The number of fused-ring (bicyclic) bond motifs is 2. The van der Waals surface area contributed by atoms with Crippen LogP contribution < -0.4 is 19.4 Å². The first-order valence-corrected chi connectivity index (χ1v) is 6.82. The van der Waals surface area contributed by atoms with Gasteiger partial charge in [-0.15, -0.1) is 0 Å². The monoisotopic (exact) mass is 299 g/mol. The minimum absolute atomic E-state index is 0.175. The summed E-state index contributed by atoms with van der Waals surface area (Å²) in [6.07, 6.45) is 0.970. The van der Waals surface area contributed by atoms with Crippen molar-refractivity contribution in [3.05, 3.63) is 64.5 Å². The molecule has 2 aliphatic heterocycles. The SMILES string of the molecule is [O-][NH+](O)C1=Cc2ccccc2O[C@H]1c1ccc2c(c1)OCO2. The summed E-state index contributed by atoms with van der Waals surface area (Å²) < 4.78 is 16.5. The molecule has 22 heavy (non-hydrogen) atoms. The van der Waals surface area contributed by atoms with Crippen LogP contribution in [0.4, 0.5) is 0 Å². The molecule has 0 fully saturated rings. The summed E-state index contributed by atoms with van der Waals surface area (Å²) in [4.78, 5) is 0. The quantitative estimate of drug-likeness (QED) is 0.825. The van der Waals surface area contributed by atoms with Gasteiger partial charge in [-0.25, -0.2) is 5.21 Å². The molecule has 1 unspecified atom stereocenters. The molecule has 4 rings (SSSR count). The second-order valence-electron chi connectivity index (χ2n) is 5.05. The molecule has 0 aromatic heterocycles. The summed E-state index contributed by atoms with van der Waals surface area (Å²) in [5, 5.41) is 20.1. The van der Waals surface area contributed by atoms with Crippen LogP contribution >= 0.6 is 0 Å². The van der Waals surface area contributed by atoms with Crippen LogP contribution in [0.1, 0.15) is 17.2 Å². The van der Waals surface area contributed by atoms with Crippen LogP contribution in [0, 0.1) is 5.21 Å². The average Bonchev–Trinajstić information content (AvgIpc) is 3.01. The van der Waals surface area contributed by atoms with Gasteiger partial charge in [-0.1, -0.05) is 24.3 Å². The zero-order chi connectivity index (χ0) is 15.1. The Morgan fingerprint density at radius 3 is 2.73 bits per heavy atom. The molecule has 2 N–H and O–H groups in total. The molecule has 2 aromatic rings. The van der Waals surface area contributed by atoms with Crippen molar-refractivity contribution in [1.29, 1.82) is 0 Å². The molecule has 6 nitrogen and oxygen atoms in total. The van der Waals surface area contributed by atoms with Crippen molar-refractivity contribution in [2.24, 2.45) is 0 Å². The lowest BCUT2D eigenvalue weighted by atomic mass is 10.0. The van der Waals surface area contributed by atoms with Crippen LogP contribution in [-0.2, 0) is 0 Å². The van der Waals surface area contributed by atoms with Crippen LogP contribution in [0.2, 0.25) is 0 Å². The van der Waals surface area contributed by atoms with E-state index in [1.165, 1.54) is 0 Å². The number of para-hydroxylation sites is 1. The lowest BCUT2D eigenvalue weighted by Crippen LogP contribution is -3.03. The van der Waals surface area contributed by atoms with E-state index in [4.69, 9.17) is 14.2 Å².